The third-order valence-electron chi connectivity index (χ3n) is 3.07. The highest BCUT2D eigenvalue weighted by atomic mass is 32.1. The summed E-state index contributed by atoms with van der Waals surface area (Å²) in [6.45, 7) is 3.72. The van der Waals surface area contributed by atoms with Crippen molar-refractivity contribution in [3.63, 3.8) is 0 Å². The van der Waals surface area contributed by atoms with E-state index in [0.717, 1.165) is 22.5 Å². The van der Waals surface area contributed by atoms with E-state index in [-0.39, 0.29) is 16.8 Å². The standard InChI is InChI=1S/C14H13N3O2S/c1-8(2)17-13(18)11(20-14(17)19)6-9-7-16-12-10(9)4-3-5-15-12/h3-8,18H,1-2H3. The summed E-state index contributed by atoms with van der Waals surface area (Å²) in [5.74, 6) is 0.669. The Morgan fingerprint density at radius 3 is 2.95 bits per heavy atom. The van der Waals surface area contributed by atoms with E-state index in [4.69, 9.17) is 0 Å². The van der Waals surface area contributed by atoms with Gasteiger partial charge in [-0.05, 0) is 32.1 Å². The second-order valence-corrected chi connectivity index (χ2v) is 5.75. The molecular weight excluding hydrogens is 274 g/mol. The number of hydrogen-bond acceptors (Lipinski definition) is 5. The second kappa shape index (κ2) is 4.72. The summed E-state index contributed by atoms with van der Waals surface area (Å²) < 4.78 is 1.38. The zero-order chi connectivity index (χ0) is 14.3. The topological polar surface area (TPSA) is 67.5 Å². The van der Waals surface area contributed by atoms with Gasteiger partial charge in [-0.1, -0.05) is 11.3 Å². The van der Waals surface area contributed by atoms with Crippen molar-refractivity contribution in [1.29, 1.82) is 0 Å². The lowest BCUT2D eigenvalue weighted by Crippen LogP contribution is -2.14. The van der Waals surface area contributed by atoms with Gasteiger partial charge in [0.2, 0.25) is 5.88 Å². The van der Waals surface area contributed by atoms with Crippen LogP contribution in [0.2, 0.25) is 0 Å². The van der Waals surface area contributed by atoms with Gasteiger partial charge in [0.05, 0.1) is 4.88 Å². The number of thiazole rings is 1. The number of fused-ring (bicyclic) bond motifs is 1. The Morgan fingerprint density at radius 2 is 2.25 bits per heavy atom. The maximum Gasteiger partial charge on any atom is 0.310 e. The van der Waals surface area contributed by atoms with E-state index in [1.54, 1.807) is 18.5 Å². The van der Waals surface area contributed by atoms with Gasteiger partial charge in [-0.25, -0.2) is 9.98 Å². The monoisotopic (exact) mass is 287 g/mol. The molecule has 1 aliphatic heterocycles. The molecule has 1 N–H and O–H groups in total. The predicted octanol–water partition coefficient (Wildman–Crippen LogP) is 2.85. The molecule has 6 heteroatoms. The first kappa shape index (κ1) is 12.8. The number of hydrogen-bond donors (Lipinski definition) is 1. The number of rotatable bonds is 2. The van der Waals surface area contributed by atoms with Crippen LogP contribution in [0.25, 0.3) is 11.6 Å². The molecule has 0 bridgehead atoms. The number of allylic oxidation sites excluding steroid dienone is 1. The Kier molecular flexibility index (Phi) is 3.02. The Balaban J connectivity index is 2.10. The van der Waals surface area contributed by atoms with Gasteiger partial charge in [0.25, 0.3) is 0 Å². The average molecular weight is 287 g/mol. The fourth-order valence-electron chi connectivity index (χ4n) is 2.13. The number of nitrogens with zero attached hydrogens (tertiary/aromatic N) is 3. The van der Waals surface area contributed by atoms with Gasteiger partial charge in [0.1, 0.15) is 0 Å². The molecule has 3 rings (SSSR count). The molecule has 0 spiro atoms. The Morgan fingerprint density at radius 1 is 1.45 bits per heavy atom. The highest BCUT2D eigenvalue weighted by Crippen LogP contribution is 2.33. The van der Waals surface area contributed by atoms with Crippen LogP contribution in [-0.2, 0) is 0 Å². The molecule has 2 aromatic heterocycles. The van der Waals surface area contributed by atoms with Crippen molar-refractivity contribution in [3.8, 4) is 5.88 Å². The number of aromatic hydroxyl groups is 1. The van der Waals surface area contributed by atoms with E-state index in [0.29, 0.717) is 10.7 Å². The minimum absolute atomic E-state index is 0.00763. The van der Waals surface area contributed by atoms with E-state index in [9.17, 15) is 9.90 Å². The minimum atomic E-state index is -0.161. The van der Waals surface area contributed by atoms with Crippen LogP contribution in [0, 0.1) is 0 Å². The molecule has 102 valence electrons. The van der Waals surface area contributed by atoms with Crippen molar-refractivity contribution in [3.05, 3.63) is 38.4 Å². The van der Waals surface area contributed by atoms with Crippen molar-refractivity contribution in [2.24, 2.45) is 4.99 Å². The Labute approximate surface area is 119 Å². The third-order valence-corrected chi connectivity index (χ3v) is 3.96. The summed E-state index contributed by atoms with van der Waals surface area (Å²) in [4.78, 5) is 20.6. The van der Waals surface area contributed by atoms with Crippen LogP contribution in [0.15, 0.2) is 28.1 Å². The van der Waals surface area contributed by atoms with Gasteiger partial charge in [0.15, 0.2) is 5.82 Å². The van der Waals surface area contributed by atoms with Crippen LogP contribution < -0.4 is 4.87 Å². The van der Waals surface area contributed by atoms with Crippen LogP contribution >= 0.6 is 11.3 Å². The predicted molar refractivity (Wildman–Crippen MR) is 80.9 cm³/mol. The number of aliphatic imine (C=N–C) groups is 1. The molecule has 5 nitrogen and oxygen atoms in total. The van der Waals surface area contributed by atoms with Gasteiger partial charge >= 0.3 is 4.87 Å². The molecule has 0 radical (unpaired) electrons. The molecule has 0 amide bonds. The van der Waals surface area contributed by atoms with Crippen LogP contribution in [0.3, 0.4) is 0 Å². The van der Waals surface area contributed by atoms with E-state index >= 15 is 0 Å². The van der Waals surface area contributed by atoms with Gasteiger partial charge in [-0.2, -0.15) is 0 Å². The van der Waals surface area contributed by atoms with Crippen LogP contribution in [0.5, 0.6) is 5.88 Å². The first-order chi connectivity index (χ1) is 9.58. The summed E-state index contributed by atoms with van der Waals surface area (Å²) >= 11 is 1.03. The van der Waals surface area contributed by atoms with Crippen LogP contribution in [-0.4, -0.2) is 20.9 Å². The van der Waals surface area contributed by atoms with Gasteiger partial charge in [0, 0.05) is 29.6 Å². The summed E-state index contributed by atoms with van der Waals surface area (Å²) in [5, 5.41) is 10.2. The molecule has 0 fully saturated rings. The molecule has 3 heterocycles. The molecule has 0 aliphatic carbocycles. The normalized spacial score (nSPS) is 15.2. The average Bonchev–Trinajstić information content (AvgIpc) is 2.93. The summed E-state index contributed by atoms with van der Waals surface area (Å²) in [7, 11) is 0. The van der Waals surface area contributed by atoms with Crippen molar-refractivity contribution < 1.29 is 5.11 Å². The van der Waals surface area contributed by atoms with Crippen molar-refractivity contribution in [2.45, 2.75) is 19.9 Å². The molecule has 2 aromatic rings. The maximum atomic E-state index is 11.9. The summed E-state index contributed by atoms with van der Waals surface area (Å²) in [6.07, 6.45) is 5.16. The highest BCUT2D eigenvalue weighted by molar-refractivity contribution is 7.10. The molecule has 1 aliphatic rings. The van der Waals surface area contributed by atoms with E-state index in [2.05, 4.69) is 9.98 Å². The largest absolute Gasteiger partial charge is 0.493 e. The first-order valence-electron chi connectivity index (χ1n) is 6.23. The van der Waals surface area contributed by atoms with Gasteiger partial charge in [-0.3, -0.25) is 9.36 Å². The van der Waals surface area contributed by atoms with Crippen LogP contribution in [0.1, 0.15) is 30.3 Å². The Bertz CT molecular complexity index is 784. The quantitative estimate of drug-likeness (QED) is 0.923. The lowest BCUT2D eigenvalue weighted by Gasteiger charge is -2.06. The number of aromatic nitrogens is 2. The lowest BCUT2D eigenvalue weighted by molar-refractivity contribution is 0.395. The van der Waals surface area contributed by atoms with Gasteiger partial charge < -0.3 is 5.11 Å². The Hall–Kier alpha value is -2.21. The molecule has 0 saturated heterocycles. The van der Waals surface area contributed by atoms with Crippen molar-refractivity contribution in [1.82, 2.24) is 9.55 Å². The molecule has 20 heavy (non-hydrogen) atoms. The fourth-order valence-corrected chi connectivity index (χ4v) is 3.08. The van der Waals surface area contributed by atoms with Crippen molar-refractivity contribution >= 4 is 35.0 Å². The molecule has 0 aromatic carbocycles. The fraction of sp³-hybridized carbons (Fsp3) is 0.214. The summed E-state index contributed by atoms with van der Waals surface area (Å²) in [6, 6.07) is 3.68. The molecular formula is C14H13N3O2S. The molecule has 0 saturated carbocycles. The van der Waals surface area contributed by atoms with Crippen LogP contribution in [0.4, 0.5) is 5.82 Å². The lowest BCUT2D eigenvalue weighted by atomic mass is 10.1. The first-order valence-corrected chi connectivity index (χ1v) is 7.05. The molecule has 0 atom stereocenters. The van der Waals surface area contributed by atoms with E-state index in [1.165, 1.54) is 4.57 Å². The summed E-state index contributed by atoms with van der Waals surface area (Å²) in [5.41, 5.74) is 1.75. The third kappa shape index (κ3) is 1.98. The van der Waals surface area contributed by atoms with Crippen molar-refractivity contribution in [2.75, 3.05) is 0 Å². The van der Waals surface area contributed by atoms with E-state index in [1.807, 2.05) is 26.0 Å². The SMILES string of the molecule is CC(C)n1c(O)c(C=C2C=Nc3ncccc32)sc1=O. The molecule has 0 unspecified atom stereocenters. The zero-order valence-corrected chi connectivity index (χ0v) is 11.9. The second-order valence-electron chi connectivity index (χ2n) is 4.75. The minimum Gasteiger partial charge on any atom is -0.493 e. The highest BCUT2D eigenvalue weighted by Gasteiger charge is 2.17. The maximum absolute atomic E-state index is 11.9. The van der Waals surface area contributed by atoms with E-state index < -0.39 is 0 Å². The number of pyridine rings is 1. The zero-order valence-electron chi connectivity index (χ0n) is 11.1. The van der Waals surface area contributed by atoms with Gasteiger partial charge in [-0.15, -0.1) is 0 Å². The smallest absolute Gasteiger partial charge is 0.310 e.